The molecular weight excluding hydrogens is 491 g/mol. The standard InChI is InChI=1S/C23H26N4O2.HI/c1-17-8-4-5-10-19(17)16-27(3)23(24-2)25-15-18-9-6-11-20(14-18)26-22(28)21-12-7-13-29-21;/h4-14H,15-16H2,1-3H3,(H,24,25)(H,26,28);1H. The molecule has 7 heteroatoms. The summed E-state index contributed by atoms with van der Waals surface area (Å²) in [6.07, 6.45) is 1.48. The normalized spacial score (nSPS) is 10.8. The second-order valence-corrected chi connectivity index (χ2v) is 6.82. The summed E-state index contributed by atoms with van der Waals surface area (Å²) in [7, 11) is 3.79. The second kappa shape index (κ2) is 11.4. The molecular formula is C23H27IN4O2. The molecule has 3 aromatic rings. The van der Waals surface area contributed by atoms with Gasteiger partial charge in [0.2, 0.25) is 0 Å². The number of aliphatic imine (C=N–C) groups is 1. The molecule has 6 nitrogen and oxygen atoms in total. The Morgan fingerprint density at radius 2 is 1.90 bits per heavy atom. The highest BCUT2D eigenvalue weighted by Gasteiger charge is 2.10. The third-order valence-electron chi connectivity index (χ3n) is 4.62. The van der Waals surface area contributed by atoms with Crippen LogP contribution in [0.4, 0.5) is 5.69 Å². The van der Waals surface area contributed by atoms with Crippen LogP contribution in [-0.2, 0) is 13.1 Å². The van der Waals surface area contributed by atoms with Crippen molar-refractivity contribution in [2.75, 3.05) is 19.4 Å². The van der Waals surface area contributed by atoms with E-state index in [4.69, 9.17) is 4.42 Å². The average Bonchev–Trinajstić information content (AvgIpc) is 3.26. The highest BCUT2D eigenvalue weighted by molar-refractivity contribution is 14.0. The average molecular weight is 518 g/mol. The zero-order valence-corrected chi connectivity index (χ0v) is 19.7. The van der Waals surface area contributed by atoms with Gasteiger partial charge in [-0.15, -0.1) is 24.0 Å². The molecule has 2 N–H and O–H groups in total. The minimum absolute atomic E-state index is 0. The summed E-state index contributed by atoms with van der Waals surface area (Å²) in [4.78, 5) is 18.6. The quantitative estimate of drug-likeness (QED) is 0.283. The number of nitrogens with zero attached hydrogens (tertiary/aromatic N) is 2. The Balaban J connectivity index is 0.00000320. The predicted octanol–water partition coefficient (Wildman–Crippen LogP) is 4.67. The molecule has 158 valence electrons. The largest absolute Gasteiger partial charge is 0.459 e. The molecule has 0 saturated carbocycles. The number of hydrogen-bond donors (Lipinski definition) is 2. The number of carbonyl (C=O) groups excluding carboxylic acids is 1. The Morgan fingerprint density at radius 3 is 2.60 bits per heavy atom. The van der Waals surface area contributed by atoms with Gasteiger partial charge in [-0.2, -0.15) is 0 Å². The third-order valence-corrected chi connectivity index (χ3v) is 4.62. The number of carbonyl (C=O) groups is 1. The number of hydrogen-bond acceptors (Lipinski definition) is 3. The summed E-state index contributed by atoms with van der Waals surface area (Å²) in [6, 6.07) is 19.4. The van der Waals surface area contributed by atoms with Gasteiger partial charge in [0.25, 0.3) is 5.91 Å². The molecule has 0 fully saturated rings. The van der Waals surface area contributed by atoms with Gasteiger partial charge < -0.3 is 20.0 Å². The number of benzene rings is 2. The van der Waals surface area contributed by atoms with Gasteiger partial charge >= 0.3 is 0 Å². The van der Waals surface area contributed by atoms with Crippen molar-refractivity contribution < 1.29 is 9.21 Å². The van der Waals surface area contributed by atoms with Crippen LogP contribution in [0.2, 0.25) is 0 Å². The van der Waals surface area contributed by atoms with E-state index in [2.05, 4.69) is 45.6 Å². The number of guanidine groups is 1. The number of nitrogens with one attached hydrogen (secondary N) is 2. The molecule has 0 aliphatic heterocycles. The Hall–Kier alpha value is -2.81. The first kappa shape index (κ1) is 23.5. The van der Waals surface area contributed by atoms with Crippen LogP contribution in [0.15, 0.2) is 76.3 Å². The number of aryl methyl sites for hydroxylation is 1. The van der Waals surface area contributed by atoms with E-state index in [1.807, 2.05) is 37.4 Å². The SMILES string of the molecule is CN=C(NCc1cccc(NC(=O)c2ccco2)c1)N(C)Cc1ccccc1C.I. The van der Waals surface area contributed by atoms with Gasteiger partial charge in [0, 0.05) is 32.9 Å². The zero-order chi connectivity index (χ0) is 20.6. The van der Waals surface area contributed by atoms with Gasteiger partial charge in [-0.25, -0.2) is 0 Å². The number of anilines is 1. The summed E-state index contributed by atoms with van der Waals surface area (Å²) in [6.45, 7) is 3.47. The lowest BCUT2D eigenvalue weighted by molar-refractivity contribution is 0.0996. The molecule has 0 unspecified atom stereocenters. The fraction of sp³-hybridized carbons (Fsp3) is 0.217. The van der Waals surface area contributed by atoms with E-state index in [-0.39, 0.29) is 35.6 Å². The second-order valence-electron chi connectivity index (χ2n) is 6.82. The van der Waals surface area contributed by atoms with Crippen molar-refractivity contribution in [3.63, 3.8) is 0 Å². The van der Waals surface area contributed by atoms with Crippen molar-refractivity contribution in [3.8, 4) is 0 Å². The molecule has 0 aliphatic rings. The fourth-order valence-corrected chi connectivity index (χ4v) is 3.04. The van der Waals surface area contributed by atoms with E-state index in [1.54, 1.807) is 19.2 Å². The molecule has 0 aliphatic carbocycles. The van der Waals surface area contributed by atoms with Crippen molar-refractivity contribution in [1.82, 2.24) is 10.2 Å². The van der Waals surface area contributed by atoms with Crippen LogP contribution in [0.25, 0.3) is 0 Å². The van der Waals surface area contributed by atoms with E-state index in [0.29, 0.717) is 12.2 Å². The molecule has 1 heterocycles. The third kappa shape index (κ3) is 6.35. The highest BCUT2D eigenvalue weighted by atomic mass is 127. The Labute approximate surface area is 194 Å². The van der Waals surface area contributed by atoms with Crippen molar-refractivity contribution in [3.05, 3.63) is 89.4 Å². The lowest BCUT2D eigenvalue weighted by atomic mass is 10.1. The first-order chi connectivity index (χ1) is 14.1. The zero-order valence-electron chi connectivity index (χ0n) is 17.4. The number of amides is 1. The van der Waals surface area contributed by atoms with Gasteiger partial charge in [-0.3, -0.25) is 9.79 Å². The fourth-order valence-electron chi connectivity index (χ4n) is 3.04. The highest BCUT2D eigenvalue weighted by Crippen LogP contribution is 2.13. The minimum Gasteiger partial charge on any atom is -0.459 e. The smallest absolute Gasteiger partial charge is 0.291 e. The van der Waals surface area contributed by atoms with Crippen molar-refractivity contribution in [2.24, 2.45) is 4.99 Å². The van der Waals surface area contributed by atoms with Crippen LogP contribution in [0.3, 0.4) is 0 Å². The summed E-state index contributed by atoms with van der Waals surface area (Å²) in [5, 5.41) is 6.22. The van der Waals surface area contributed by atoms with Crippen molar-refractivity contribution in [1.29, 1.82) is 0 Å². The summed E-state index contributed by atoms with van der Waals surface area (Å²) < 4.78 is 5.13. The maximum atomic E-state index is 12.1. The molecule has 30 heavy (non-hydrogen) atoms. The van der Waals surface area contributed by atoms with E-state index in [0.717, 1.165) is 18.1 Å². The molecule has 0 atom stereocenters. The first-order valence-corrected chi connectivity index (χ1v) is 9.47. The van der Waals surface area contributed by atoms with Crippen LogP contribution >= 0.6 is 24.0 Å². The van der Waals surface area contributed by atoms with Gasteiger partial charge in [-0.05, 0) is 47.9 Å². The maximum Gasteiger partial charge on any atom is 0.291 e. The number of furan rings is 1. The van der Waals surface area contributed by atoms with Crippen molar-refractivity contribution >= 4 is 41.5 Å². The van der Waals surface area contributed by atoms with Crippen LogP contribution in [0.5, 0.6) is 0 Å². The Morgan fingerprint density at radius 1 is 1.10 bits per heavy atom. The summed E-state index contributed by atoms with van der Waals surface area (Å²) >= 11 is 0. The van der Waals surface area contributed by atoms with Crippen molar-refractivity contribution in [2.45, 2.75) is 20.0 Å². The molecule has 0 saturated heterocycles. The van der Waals surface area contributed by atoms with E-state index < -0.39 is 0 Å². The number of rotatable bonds is 6. The molecule has 0 spiro atoms. The molecule has 1 amide bonds. The van der Waals surface area contributed by atoms with E-state index >= 15 is 0 Å². The van der Waals surface area contributed by atoms with Gasteiger partial charge in [0.05, 0.1) is 6.26 Å². The Kier molecular flexibility index (Phi) is 8.91. The predicted molar refractivity (Wildman–Crippen MR) is 131 cm³/mol. The summed E-state index contributed by atoms with van der Waals surface area (Å²) in [5.74, 6) is 0.818. The molecule has 0 bridgehead atoms. The number of halogens is 1. The van der Waals surface area contributed by atoms with Crippen LogP contribution in [-0.4, -0.2) is 30.9 Å². The van der Waals surface area contributed by atoms with E-state index in [1.165, 1.54) is 17.4 Å². The molecule has 0 radical (unpaired) electrons. The summed E-state index contributed by atoms with van der Waals surface area (Å²) in [5.41, 5.74) is 4.28. The van der Waals surface area contributed by atoms with Crippen LogP contribution < -0.4 is 10.6 Å². The van der Waals surface area contributed by atoms with Gasteiger partial charge in [0.1, 0.15) is 0 Å². The topological polar surface area (TPSA) is 69.9 Å². The lowest BCUT2D eigenvalue weighted by Crippen LogP contribution is -2.38. The first-order valence-electron chi connectivity index (χ1n) is 9.47. The van der Waals surface area contributed by atoms with Gasteiger partial charge in [-0.1, -0.05) is 36.4 Å². The molecule has 2 aromatic carbocycles. The molecule has 1 aromatic heterocycles. The monoisotopic (exact) mass is 518 g/mol. The Bertz CT molecular complexity index is 986. The van der Waals surface area contributed by atoms with E-state index in [9.17, 15) is 4.79 Å². The molecule has 3 rings (SSSR count). The maximum absolute atomic E-state index is 12.1. The minimum atomic E-state index is -0.270. The van der Waals surface area contributed by atoms with Crippen LogP contribution in [0.1, 0.15) is 27.2 Å². The van der Waals surface area contributed by atoms with Crippen LogP contribution in [0, 0.1) is 6.92 Å². The lowest BCUT2D eigenvalue weighted by Gasteiger charge is -2.23. The van der Waals surface area contributed by atoms with Gasteiger partial charge in [0.15, 0.2) is 11.7 Å².